The van der Waals surface area contributed by atoms with Crippen LogP contribution < -0.4 is 0 Å². The fraction of sp³-hybridized carbons (Fsp3) is 0.917. The minimum absolute atomic E-state index is 0.318. The van der Waals surface area contributed by atoms with Crippen molar-refractivity contribution in [2.24, 2.45) is 5.92 Å². The molecule has 0 spiro atoms. The molecule has 0 rings (SSSR count). The van der Waals surface area contributed by atoms with Gasteiger partial charge in [-0.1, -0.05) is 13.8 Å². The van der Waals surface area contributed by atoms with Crippen LogP contribution in [0.2, 0.25) is 0 Å². The third-order valence-corrected chi connectivity index (χ3v) is 3.70. The minimum Gasteiger partial charge on any atom is -0.328 e. The quantitative estimate of drug-likeness (QED) is 0.529. The van der Waals surface area contributed by atoms with Crippen molar-refractivity contribution in [1.29, 1.82) is 0 Å². The highest BCUT2D eigenvalue weighted by atomic mass is 32.2. The molecule has 0 heterocycles. The summed E-state index contributed by atoms with van der Waals surface area (Å²) in [5, 5.41) is 0. The maximum absolute atomic E-state index is 11.0. The first-order valence-electron chi connectivity index (χ1n) is 6.02. The van der Waals surface area contributed by atoms with Crippen molar-refractivity contribution >= 4 is 15.7 Å². The molecule has 0 amide bonds. The van der Waals surface area contributed by atoms with Crippen LogP contribution in [0.1, 0.15) is 33.1 Å². The molecule has 0 saturated carbocycles. The predicted molar refractivity (Wildman–Crippen MR) is 73.3 cm³/mol. The molecule has 3 nitrogen and oxygen atoms in total. The Hall–Kier alpha value is -0.0600. The lowest BCUT2D eigenvalue weighted by molar-refractivity contribution is -0.890. The fourth-order valence-electron chi connectivity index (χ4n) is 1.76. The van der Waals surface area contributed by atoms with E-state index in [1.807, 2.05) is 0 Å². The zero-order chi connectivity index (χ0) is 12.8. The molecule has 0 saturated heterocycles. The summed E-state index contributed by atoms with van der Waals surface area (Å²) in [4.78, 5) is 0. The van der Waals surface area contributed by atoms with E-state index in [9.17, 15) is 4.21 Å². The zero-order valence-electron chi connectivity index (χ0n) is 11.2. The highest BCUT2D eigenvalue weighted by molar-refractivity contribution is 7.95. The second-order valence-electron chi connectivity index (χ2n) is 5.75. The van der Waals surface area contributed by atoms with Gasteiger partial charge in [-0.05, 0) is 24.6 Å². The molecule has 0 bridgehead atoms. The van der Waals surface area contributed by atoms with Crippen LogP contribution >= 0.6 is 0 Å². The highest BCUT2D eigenvalue weighted by Crippen LogP contribution is 2.08. The Balaban J connectivity index is 3.78. The largest absolute Gasteiger partial charge is 0.328 e. The van der Waals surface area contributed by atoms with Gasteiger partial charge in [0.15, 0.2) is 0 Å². The lowest BCUT2D eigenvalue weighted by Gasteiger charge is -2.30. The predicted octanol–water partition coefficient (Wildman–Crippen LogP) is 2.08. The van der Waals surface area contributed by atoms with Crippen LogP contribution in [0, 0.1) is 5.92 Å². The van der Waals surface area contributed by atoms with E-state index >= 15 is 0 Å². The van der Waals surface area contributed by atoms with Gasteiger partial charge in [-0.3, -0.25) is 0 Å². The van der Waals surface area contributed by atoms with Gasteiger partial charge in [0, 0.05) is 12.2 Å². The summed E-state index contributed by atoms with van der Waals surface area (Å²) in [7, 11) is 1.58. The zero-order valence-corrected chi connectivity index (χ0v) is 12.1. The van der Waals surface area contributed by atoms with Gasteiger partial charge >= 0.3 is 0 Å². The van der Waals surface area contributed by atoms with Gasteiger partial charge in [0.05, 0.1) is 37.0 Å². The molecular weight excluding hydrogens is 222 g/mol. The number of hydrogen-bond donors (Lipinski definition) is 1. The first kappa shape index (κ1) is 15.9. The maximum atomic E-state index is 11.0. The maximum Gasteiger partial charge on any atom is 0.0792 e. The van der Waals surface area contributed by atoms with Crippen LogP contribution in [0.15, 0.2) is 0 Å². The van der Waals surface area contributed by atoms with Crippen molar-refractivity contribution in [3.05, 3.63) is 0 Å². The van der Waals surface area contributed by atoms with Crippen molar-refractivity contribution in [3.63, 3.8) is 0 Å². The Bertz CT molecular complexity index is 281. The molecule has 0 radical (unpaired) electrons. The Labute approximate surface area is 101 Å². The fourth-order valence-corrected chi connectivity index (χ4v) is 2.34. The monoisotopic (exact) mass is 250 g/mol. The lowest BCUT2D eigenvalue weighted by atomic mass is 10.1. The second-order valence-corrected chi connectivity index (χ2v) is 7.70. The van der Waals surface area contributed by atoms with Gasteiger partial charge in [-0.2, -0.15) is 0 Å². The molecule has 0 aromatic rings. The van der Waals surface area contributed by atoms with Gasteiger partial charge in [0.25, 0.3) is 0 Å². The summed E-state index contributed by atoms with van der Waals surface area (Å²) < 4.78 is 21.0. The Morgan fingerprint density at radius 3 is 2.19 bits per heavy atom. The smallest absolute Gasteiger partial charge is 0.0792 e. The molecule has 0 fully saturated rings. The Morgan fingerprint density at radius 1 is 1.25 bits per heavy atom. The second kappa shape index (κ2) is 6.62. The molecule has 98 valence electrons. The summed E-state index contributed by atoms with van der Waals surface area (Å²) in [6.45, 7) is 6.57. The average Bonchev–Trinajstić information content (AvgIpc) is 1.99. The van der Waals surface area contributed by atoms with Gasteiger partial charge in [-0.15, -0.1) is 0 Å². The van der Waals surface area contributed by atoms with Crippen LogP contribution in [0.3, 0.4) is 0 Å². The van der Waals surface area contributed by atoms with Crippen LogP contribution in [-0.4, -0.2) is 52.1 Å². The normalized spacial score (nSPS) is 16.4. The van der Waals surface area contributed by atoms with E-state index in [-0.39, 0.29) is 0 Å². The van der Waals surface area contributed by atoms with E-state index in [1.165, 1.54) is 12.8 Å². The average molecular weight is 250 g/mol. The molecule has 1 unspecified atom stereocenters. The first-order chi connectivity index (χ1) is 7.12. The summed E-state index contributed by atoms with van der Waals surface area (Å²) in [6, 6.07) is 0. The van der Waals surface area contributed by atoms with Crippen molar-refractivity contribution in [1.82, 2.24) is 0 Å². The van der Waals surface area contributed by atoms with Crippen LogP contribution in [0.5, 0.6) is 0 Å². The van der Waals surface area contributed by atoms with E-state index < -0.39 is 9.80 Å². The number of hydrogen-bond acceptors (Lipinski definition) is 1. The summed E-state index contributed by atoms with van der Waals surface area (Å²) in [5.41, 5.74) is 0. The Kier molecular flexibility index (Phi) is 6.60. The third-order valence-electron chi connectivity index (χ3n) is 2.77. The summed E-state index contributed by atoms with van der Waals surface area (Å²) in [5.74, 6) is 4.33. The topological polar surface area (TPSA) is 37.3 Å². The lowest BCUT2D eigenvalue weighted by Crippen LogP contribution is -2.41. The van der Waals surface area contributed by atoms with Gasteiger partial charge in [-0.25, -0.2) is 4.21 Å². The van der Waals surface area contributed by atoms with Gasteiger partial charge in [0.2, 0.25) is 0 Å². The third kappa shape index (κ3) is 10.5. The molecule has 0 aliphatic rings. The highest BCUT2D eigenvalue weighted by Gasteiger charge is 2.15. The first-order valence-corrected chi connectivity index (χ1v) is 7.87. The molecule has 4 heteroatoms. The molecule has 0 aliphatic heterocycles. The van der Waals surface area contributed by atoms with E-state index in [0.717, 1.165) is 29.9 Å². The number of quaternary nitrogens is 1. The number of nitrogens with zero attached hydrogens (tertiary/aromatic N) is 1. The number of rotatable bonds is 8. The molecule has 0 aliphatic carbocycles. The van der Waals surface area contributed by atoms with Crippen molar-refractivity contribution in [3.8, 4) is 0 Å². The van der Waals surface area contributed by atoms with Gasteiger partial charge < -0.3 is 9.04 Å². The van der Waals surface area contributed by atoms with Crippen molar-refractivity contribution < 1.29 is 13.2 Å². The van der Waals surface area contributed by atoms with E-state index in [4.69, 9.17) is 4.55 Å². The summed E-state index contributed by atoms with van der Waals surface area (Å²) >= 11 is 0. The SMILES string of the molecule is C=S(=O)(O)CCC[N+](C)(C)CCCC(C)C. The summed E-state index contributed by atoms with van der Waals surface area (Å²) in [6.07, 6.45) is 3.25. The Morgan fingerprint density at radius 2 is 1.75 bits per heavy atom. The van der Waals surface area contributed by atoms with E-state index in [0.29, 0.717) is 5.75 Å². The molecular formula is C12H28NO2S+. The van der Waals surface area contributed by atoms with E-state index in [2.05, 4.69) is 33.8 Å². The molecule has 0 aromatic heterocycles. The van der Waals surface area contributed by atoms with Crippen LogP contribution in [0.4, 0.5) is 0 Å². The van der Waals surface area contributed by atoms with Crippen LogP contribution in [0.25, 0.3) is 0 Å². The minimum atomic E-state index is -2.79. The van der Waals surface area contributed by atoms with Crippen molar-refractivity contribution in [2.75, 3.05) is 32.9 Å². The van der Waals surface area contributed by atoms with Gasteiger partial charge in [0.1, 0.15) is 0 Å². The molecule has 0 aromatic carbocycles. The standard InChI is InChI=1S/C12H27NO2S/c1-12(2)8-6-9-13(3,4)10-7-11-16(5,14)15/h12H,5-11H2,1-4H3/p+1. The molecule has 16 heavy (non-hydrogen) atoms. The van der Waals surface area contributed by atoms with Crippen LogP contribution in [-0.2, 0) is 9.80 Å². The van der Waals surface area contributed by atoms with Crippen molar-refractivity contribution in [2.45, 2.75) is 33.1 Å². The molecule has 1 atom stereocenters. The molecule has 1 N–H and O–H groups in total. The van der Waals surface area contributed by atoms with E-state index in [1.54, 1.807) is 0 Å².